The van der Waals surface area contributed by atoms with Crippen LogP contribution >= 0.6 is 11.3 Å². The maximum atomic E-state index is 11.9. The number of esters is 1. The molecule has 186 valence electrons. The number of nitrogens with zero attached hydrogens (tertiary/aromatic N) is 1. The van der Waals surface area contributed by atoms with Crippen LogP contribution in [-0.4, -0.2) is 29.1 Å². The summed E-state index contributed by atoms with van der Waals surface area (Å²) in [5.41, 5.74) is 3.40. The van der Waals surface area contributed by atoms with Crippen molar-refractivity contribution in [1.82, 2.24) is 4.98 Å². The van der Waals surface area contributed by atoms with Gasteiger partial charge in [0.2, 0.25) is 5.89 Å². The first-order valence-corrected chi connectivity index (χ1v) is 12.1. The minimum atomic E-state index is -0.916. The van der Waals surface area contributed by atoms with E-state index in [1.54, 1.807) is 29.5 Å². The molecule has 8 nitrogen and oxygen atoms in total. The minimum Gasteiger partial charge on any atom is -0.489 e. The first kappa shape index (κ1) is 25.0. The number of thiophene rings is 1. The van der Waals surface area contributed by atoms with Gasteiger partial charge < -0.3 is 23.7 Å². The van der Waals surface area contributed by atoms with Gasteiger partial charge in [-0.25, -0.2) is 9.78 Å². The van der Waals surface area contributed by atoms with Crippen LogP contribution in [0.3, 0.4) is 0 Å². The van der Waals surface area contributed by atoms with Gasteiger partial charge >= 0.3 is 11.9 Å². The fraction of sp³-hybridized carbons (Fsp3) is 0.222. The van der Waals surface area contributed by atoms with E-state index < -0.39 is 18.0 Å². The molecule has 1 atom stereocenters. The number of carbonyl (C=O) groups excluding carboxylic acids is 1. The van der Waals surface area contributed by atoms with Crippen molar-refractivity contribution >= 4 is 23.3 Å². The molecule has 2 heterocycles. The third-order valence-corrected chi connectivity index (χ3v) is 6.22. The molecule has 2 aromatic heterocycles. The van der Waals surface area contributed by atoms with Crippen LogP contribution in [0, 0.1) is 6.92 Å². The summed E-state index contributed by atoms with van der Waals surface area (Å²) in [6.45, 7) is 2.33. The zero-order chi connectivity index (χ0) is 25.5. The Labute approximate surface area is 212 Å². The highest BCUT2D eigenvalue weighted by molar-refractivity contribution is 7.07. The predicted octanol–water partition coefficient (Wildman–Crippen LogP) is 6.06. The van der Waals surface area contributed by atoms with E-state index in [9.17, 15) is 14.7 Å². The Morgan fingerprint density at radius 3 is 2.72 bits per heavy atom. The third-order valence-electron chi connectivity index (χ3n) is 5.49. The summed E-state index contributed by atoms with van der Waals surface area (Å²) in [5.74, 6) is -0.434. The Morgan fingerprint density at radius 1 is 1.17 bits per heavy atom. The first-order valence-electron chi connectivity index (χ1n) is 11.2. The zero-order valence-electron chi connectivity index (χ0n) is 19.8. The van der Waals surface area contributed by atoms with Gasteiger partial charge in [-0.1, -0.05) is 24.3 Å². The Balaban J connectivity index is 1.71. The number of ether oxygens (including phenoxy) is 3. The number of aromatic nitrogens is 1. The normalized spacial score (nSPS) is 11.6. The molecule has 0 saturated carbocycles. The molecule has 0 aliphatic heterocycles. The van der Waals surface area contributed by atoms with Gasteiger partial charge in [-0.2, -0.15) is 11.3 Å². The van der Waals surface area contributed by atoms with Gasteiger partial charge in [0.1, 0.15) is 30.5 Å². The number of oxazole rings is 1. The molecule has 0 radical (unpaired) electrons. The molecule has 1 N–H and O–H groups in total. The number of rotatable bonds is 11. The van der Waals surface area contributed by atoms with Crippen molar-refractivity contribution in [2.24, 2.45) is 0 Å². The molecule has 2 aromatic carbocycles. The van der Waals surface area contributed by atoms with E-state index in [0.717, 1.165) is 16.7 Å². The van der Waals surface area contributed by atoms with Crippen molar-refractivity contribution < 1.29 is 33.3 Å². The number of benzene rings is 2. The molecular formula is C27H25NO7S. The molecule has 0 spiro atoms. The molecule has 0 saturated heterocycles. The average molecular weight is 508 g/mol. The minimum absolute atomic E-state index is 0.0255. The molecule has 0 unspecified atom stereocenters. The van der Waals surface area contributed by atoms with Gasteiger partial charge in [-0.05, 0) is 59.0 Å². The van der Waals surface area contributed by atoms with E-state index in [4.69, 9.17) is 18.6 Å². The second kappa shape index (κ2) is 11.5. The predicted molar refractivity (Wildman–Crippen MR) is 133 cm³/mol. The summed E-state index contributed by atoms with van der Waals surface area (Å²) in [5, 5.41) is 13.3. The smallest absolute Gasteiger partial charge is 0.360 e. The van der Waals surface area contributed by atoms with Gasteiger partial charge in [-0.3, -0.25) is 4.79 Å². The lowest BCUT2D eigenvalue weighted by Crippen LogP contribution is -2.12. The lowest BCUT2D eigenvalue weighted by molar-refractivity contribution is -0.137. The topological polar surface area (TPSA) is 108 Å². The highest BCUT2D eigenvalue weighted by Gasteiger charge is 2.22. The number of carboxylic acid groups (broad SMARTS) is 1. The number of aliphatic carboxylic acids is 1. The summed E-state index contributed by atoms with van der Waals surface area (Å²) in [6, 6.07) is 14.9. The van der Waals surface area contributed by atoms with Gasteiger partial charge in [0.05, 0.1) is 12.7 Å². The molecule has 0 bridgehead atoms. The van der Waals surface area contributed by atoms with E-state index in [0.29, 0.717) is 23.7 Å². The fourth-order valence-corrected chi connectivity index (χ4v) is 4.29. The molecular weight excluding hydrogens is 482 g/mol. The van der Waals surface area contributed by atoms with Crippen LogP contribution in [0.25, 0.3) is 11.5 Å². The van der Waals surface area contributed by atoms with Crippen LogP contribution in [-0.2, 0) is 16.1 Å². The van der Waals surface area contributed by atoms with Crippen molar-refractivity contribution in [2.75, 3.05) is 7.11 Å². The van der Waals surface area contributed by atoms with Crippen LogP contribution < -0.4 is 9.47 Å². The number of hydrogen-bond acceptors (Lipinski definition) is 8. The van der Waals surface area contributed by atoms with Gasteiger partial charge in [-0.15, -0.1) is 0 Å². The second-order valence-corrected chi connectivity index (χ2v) is 8.78. The van der Waals surface area contributed by atoms with Crippen molar-refractivity contribution in [3.63, 3.8) is 0 Å². The Bertz CT molecular complexity index is 1330. The molecule has 0 amide bonds. The highest BCUT2D eigenvalue weighted by Crippen LogP contribution is 2.38. The van der Waals surface area contributed by atoms with Crippen molar-refractivity contribution in [1.29, 1.82) is 0 Å². The molecule has 0 fully saturated rings. The van der Waals surface area contributed by atoms with E-state index in [2.05, 4.69) is 4.98 Å². The fourth-order valence-electron chi connectivity index (χ4n) is 3.64. The highest BCUT2D eigenvalue weighted by atomic mass is 32.1. The van der Waals surface area contributed by atoms with E-state index >= 15 is 0 Å². The van der Waals surface area contributed by atoms with Gasteiger partial charge in [0.25, 0.3) is 0 Å². The molecule has 4 rings (SSSR count). The van der Waals surface area contributed by atoms with Crippen LogP contribution in [0.2, 0.25) is 0 Å². The monoisotopic (exact) mass is 507 g/mol. The zero-order valence-corrected chi connectivity index (χ0v) is 20.6. The number of hydrogen-bond donors (Lipinski definition) is 1. The van der Waals surface area contributed by atoms with Gasteiger partial charge in [0.15, 0.2) is 5.69 Å². The summed E-state index contributed by atoms with van der Waals surface area (Å²) >= 11 is 1.59. The van der Waals surface area contributed by atoms with E-state index in [-0.39, 0.29) is 24.4 Å². The number of aryl methyl sites for hydroxylation is 1. The lowest BCUT2D eigenvalue weighted by Gasteiger charge is -2.22. The average Bonchev–Trinajstić information content (AvgIpc) is 3.58. The molecule has 36 heavy (non-hydrogen) atoms. The van der Waals surface area contributed by atoms with Crippen LogP contribution in [0.5, 0.6) is 11.5 Å². The van der Waals surface area contributed by atoms with Gasteiger partial charge in [0, 0.05) is 12.5 Å². The van der Waals surface area contributed by atoms with Crippen molar-refractivity contribution in [3.05, 3.63) is 87.9 Å². The molecule has 4 aromatic rings. The second-order valence-electron chi connectivity index (χ2n) is 8.00. The van der Waals surface area contributed by atoms with Crippen molar-refractivity contribution in [3.8, 4) is 23.0 Å². The first-order chi connectivity index (χ1) is 17.4. The summed E-state index contributed by atoms with van der Waals surface area (Å²) in [4.78, 5) is 27.5. The van der Waals surface area contributed by atoms with Crippen molar-refractivity contribution in [2.45, 2.75) is 32.5 Å². The van der Waals surface area contributed by atoms with Crippen LogP contribution in [0.4, 0.5) is 0 Å². The summed E-state index contributed by atoms with van der Waals surface area (Å²) in [6.07, 6.45) is 0.838. The Hall–Kier alpha value is -4.11. The molecule has 0 aliphatic rings. The number of carbonyl (C=O) groups is 2. The Morgan fingerprint density at radius 2 is 2.00 bits per heavy atom. The van der Waals surface area contributed by atoms with E-state index in [1.165, 1.54) is 13.4 Å². The SMILES string of the molecule is COC(=O)c1coc(-c2ccc(OCc3ccsc3)cc2O[C@@H](CCC(=O)O)c2ccccc2C)n1. The largest absolute Gasteiger partial charge is 0.489 e. The standard InChI is InChI=1S/C27H25NO7S/c1-17-5-3-4-6-20(17)23(9-10-25(29)30)35-24-13-19(33-14-18-11-12-36-16-18)7-8-21(24)26-28-22(15-34-26)27(31)32-2/h3-8,11-13,15-16,23H,9-10,14H2,1-2H3,(H,29,30)/t23-/m0/s1. The van der Waals surface area contributed by atoms with Crippen LogP contribution in [0.1, 0.15) is 46.1 Å². The maximum absolute atomic E-state index is 11.9. The molecule has 0 aliphatic carbocycles. The summed E-state index contributed by atoms with van der Waals surface area (Å²) in [7, 11) is 1.26. The summed E-state index contributed by atoms with van der Waals surface area (Å²) < 4.78 is 22.7. The number of methoxy groups -OCH3 is 1. The lowest BCUT2D eigenvalue weighted by atomic mass is 9.99. The third kappa shape index (κ3) is 6.11. The van der Waals surface area contributed by atoms with E-state index in [1.807, 2.05) is 48.0 Å². The Kier molecular flexibility index (Phi) is 8.02. The van der Waals surface area contributed by atoms with Crippen LogP contribution in [0.15, 0.2) is 70.0 Å². The molecule has 9 heteroatoms. The number of carboxylic acids is 1. The maximum Gasteiger partial charge on any atom is 0.360 e. The quantitative estimate of drug-likeness (QED) is 0.244.